The molecule has 0 heterocycles. The maximum atomic E-state index is 11.1. The van der Waals surface area contributed by atoms with E-state index >= 15 is 0 Å². The van der Waals surface area contributed by atoms with Crippen molar-refractivity contribution in [2.75, 3.05) is 13.2 Å². The molecule has 0 bridgehead atoms. The molecule has 2 N–H and O–H groups in total. The average molecular weight is 367 g/mol. The van der Waals surface area contributed by atoms with Crippen molar-refractivity contribution < 1.29 is 19.1 Å². The van der Waals surface area contributed by atoms with Gasteiger partial charge in [-0.3, -0.25) is 4.79 Å². The standard InChI is InChI=1S/C10H9Br2NO4/c11-6-1-2-8(7(12)3-6)16-5-10(15)17-4-9(13)14/h1-3H,4-5H2,(H2,13,14). The van der Waals surface area contributed by atoms with Crippen LogP contribution in [-0.2, 0) is 14.3 Å². The van der Waals surface area contributed by atoms with Crippen LogP contribution in [0.5, 0.6) is 5.75 Å². The topological polar surface area (TPSA) is 78.6 Å². The molecule has 7 heteroatoms. The van der Waals surface area contributed by atoms with Crippen molar-refractivity contribution in [3.8, 4) is 5.75 Å². The molecule has 0 fully saturated rings. The lowest BCUT2D eigenvalue weighted by Crippen LogP contribution is -2.23. The Labute approximate surface area is 115 Å². The summed E-state index contributed by atoms with van der Waals surface area (Å²) in [6.45, 7) is -0.725. The number of halogens is 2. The predicted octanol–water partition coefficient (Wildman–Crippen LogP) is 1.62. The van der Waals surface area contributed by atoms with Gasteiger partial charge in [-0.25, -0.2) is 4.79 Å². The highest BCUT2D eigenvalue weighted by atomic mass is 79.9. The van der Waals surface area contributed by atoms with Crippen LogP contribution < -0.4 is 10.5 Å². The number of hydrogen-bond donors (Lipinski definition) is 1. The summed E-state index contributed by atoms with van der Waals surface area (Å²) in [5.74, 6) is -0.856. The molecule has 0 radical (unpaired) electrons. The third-order valence-corrected chi connectivity index (χ3v) is 2.73. The van der Waals surface area contributed by atoms with Crippen molar-refractivity contribution in [2.45, 2.75) is 0 Å². The summed E-state index contributed by atoms with van der Waals surface area (Å²) < 4.78 is 11.3. The number of amides is 1. The normalized spacial score (nSPS) is 9.76. The minimum absolute atomic E-state index is 0.284. The first kappa shape index (κ1) is 14.0. The fourth-order valence-electron chi connectivity index (χ4n) is 0.922. The van der Waals surface area contributed by atoms with Gasteiger partial charge in [0.25, 0.3) is 5.91 Å². The van der Waals surface area contributed by atoms with Gasteiger partial charge in [0.1, 0.15) is 5.75 Å². The van der Waals surface area contributed by atoms with Crippen LogP contribution in [0.3, 0.4) is 0 Å². The number of carbonyl (C=O) groups is 2. The zero-order valence-corrected chi connectivity index (χ0v) is 11.8. The van der Waals surface area contributed by atoms with E-state index in [4.69, 9.17) is 10.5 Å². The van der Waals surface area contributed by atoms with Gasteiger partial charge in [0, 0.05) is 4.47 Å². The molecule has 1 aromatic carbocycles. The highest BCUT2D eigenvalue weighted by molar-refractivity contribution is 9.11. The lowest BCUT2D eigenvalue weighted by atomic mass is 10.3. The van der Waals surface area contributed by atoms with E-state index in [1.165, 1.54) is 0 Å². The maximum Gasteiger partial charge on any atom is 0.344 e. The van der Waals surface area contributed by atoms with Crippen LogP contribution >= 0.6 is 31.9 Å². The average Bonchev–Trinajstić information content (AvgIpc) is 2.25. The fourth-order valence-corrected chi connectivity index (χ4v) is 2.08. The van der Waals surface area contributed by atoms with E-state index in [0.717, 1.165) is 4.47 Å². The molecule has 0 aliphatic carbocycles. The highest BCUT2D eigenvalue weighted by Gasteiger charge is 2.08. The summed E-state index contributed by atoms with van der Waals surface area (Å²) in [5, 5.41) is 0. The molecule has 1 aromatic rings. The summed E-state index contributed by atoms with van der Waals surface area (Å²) in [6, 6.07) is 5.24. The summed E-state index contributed by atoms with van der Waals surface area (Å²) in [7, 11) is 0. The molecule has 5 nitrogen and oxygen atoms in total. The van der Waals surface area contributed by atoms with E-state index in [2.05, 4.69) is 36.6 Å². The van der Waals surface area contributed by atoms with Crippen LogP contribution in [-0.4, -0.2) is 25.1 Å². The van der Waals surface area contributed by atoms with Crippen LogP contribution in [0.25, 0.3) is 0 Å². The minimum atomic E-state index is -0.705. The van der Waals surface area contributed by atoms with Crippen molar-refractivity contribution in [3.05, 3.63) is 27.1 Å². The molecule has 0 atom stereocenters. The smallest absolute Gasteiger partial charge is 0.344 e. The van der Waals surface area contributed by atoms with E-state index in [-0.39, 0.29) is 6.61 Å². The van der Waals surface area contributed by atoms with Gasteiger partial charge in [-0.2, -0.15) is 0 Å². The Balaban J connectivity index is 2.44. The molecule has 17 heavy (non-hydrogen) atoms. The Hall–Kier alpha value is -1.08. The van der Waals surface area contributed by atoms with E-state index < -0.39 is 18.5 Å². The number of rotatable bonds is 5. The van der Waals surface area contributed by atoms with Crippen molar-refractivity contribution in [3.63, 3.8) is 0 Å². The molecule has 0 unspecified atom stereocenters. The third kappa shape index (κ3) is 5.18. The molecule has 0 aliphatic rings. The van der Waals surface area contributed by atoms with E-state index in [0.29, 0.717) is 10.2 Å². The summed E-state index contributed by atoms with van der Waals surface area (Å²) >= 11 is 6.57. The predicted molar refractivity (Wildman–Crippen MR) is 67.5 cm³/mol. The Morgan fingerprint density at radius 2 is 1.94 bits per heavy atom. The molecular formula is C10H9Br2NO4. The summed E-state index contributed by atoms with van der Waals surface area (Å²) in [4.78, 5) is 21.5. The molecule has 92 valence electrons. The Kier molecular flexibility index (Phi) is 5.43. The van der Waals surface area contributed by atoms with Gasteiger partial charge in [0.05, 0.1) is 4.47 Å². The van der Waals surface area contributed by atoms with Crippen molar-refractivity contribution in [1.29, 1.82) is 0 Å². The van der Waals surface area contributed by atoms with Crippen LogP contribution in [0.4, 0.5) is 0 Å². The second-order valence-electron chi connectivity index (χ2n) is 2.99. The Bertz CT molecular complexity index is 436. The molecule has 0 saturated heterocycles. The minimum Gasteiger partial charge on any atom is -0.481 e. The van der Waals surface area contributed by atoms with E-state index in [9.17, 15) is 9.59 Å². The van der Waals surface area contributed by atoms with Crippen LogP contribution in [0.1, 0.15) is 0 Å². The van der Waals surface area contributed by atoms with Gasteiger partial charge >= 0.3 is 5.97 Å². The number of benzene rings is 1. The number of nitrogens with two attached hydrogens (primary N) is 1. The zero-order chi connectivity index (χ0) is 12.8. The summed E-state index contributed by atoms with van der Waals surface area (Å²) in [6.07, 6.45) is 0. The van der Waals surface area contributed by atoms with Gasteiger partial charge in [-0.15, -0.1) is 0 Å². The van der Waals surface area contributed by atoms with Gasteiger partial charge in [-0.05, 0) is 34.1 Å². The molecule has 0 saturated carbocycles. The number of ether oxygens (including phenoxy) is 2. The van der Waals surface area contributed by atoms with Crippen molar-refractivity contribution in [2.24, 2.45) is 5.73 Å². The number of hydrogen-bond acceptors (Lipinski definition) is 4. The second-order valence-corrected chi connectivity index (χ2v) is 4.76. The van der Waals surface area contributed by atoms with Crippen molar-refractivity contribution in [1.82, 2.24) is 0 Å². The first-order chi connectivity index (χ1) is 7.99. The number of carbonyl (C=O) groups excluding carboxylic acids is 2. The van der Waals surface area contributed by atoms with Crippen molar-refractivity contribution >= 4 is 43.7 Å². The molecule has 0 aromatic heterocycles. The Morgan fingerprint density at radius 1 is 1.24 bits per heavy atom. The second kappa shape index (κ2) is 6.61. The lowest BCUT2D eigenvalue weighted by molar-refractivity contribution is -0.149. The molecular weight excluding hydrogens is 358 g/mol. The lowest BCUT2D eigenvalue weighted by Gasteiger charge is -2.07. The zero-order valence-electron chi connectivity index (χ0n) is 8.61. The maximum absolute atomic E-state index is 11.1. The quantitative estimate of drug-likeness (QED) is 0.803. The first-order valence-electron chi connectivity index (χ1n) is 4.51. The Morgan fingerprint density at radius 3 is 2.53 bits per heavy atom. The van der Waals surface area contributed by atoms with Gasteiger partial charge in [0.2, 0.25) is 0 Å². The molecule has 1 amide bonds. The SMILES string of the molecule is NC(=O)COC(=O)COc1ccc(Br)cc1Br. The van der Waals surface area contributed by atoms with Gasteiger partial charge < -0.3 is 15.2 Å². The van der Waals surface area contributed by atoms with E-state index in [1.54, 1.807) is 18.2 Å². The monoisotopic (exact) mass is 365 g/mol. The van der Waals surface area contributed by atoms with Gasteiger partial charge in [0.15, 0.2) is 13.2 Å². The third-order valence-electron chi connectivity index (χ3n) is 1.61. The van der Waals surface area contributed by atoms with Crippen LogP contribution in [0.2, 0.25) is 0 Å². The summed E-state index contributed by atoms with van der Waals surface area (Å²) in [5.41, 5.74) is 4.82. The number of primary amides is 1. The van der Waals surface area contributed by atoms with Gasteiger partial charge in [-0.1, -0.05) is 15.9 Å². The molecule has 0 aliphatic heterocycles. The highest BCUT2D eigenvalue weighted by Crippen LogP contribution is 2.28. The van der Waals surface area contributed by atoms with Crippen LogP contribution in [0, 0.1) is 0 Å². The fraction of sp³-hybridized carbons (Fsp3) is 0.200. The molecule has 1 rings (SSSR count). The largest absolute Gasteiger partial charge is 0.481 e. The van der Waals surface area contributed by atoms with E-state index in [1.807, 2.05) is 0 Å². The molecule has 0 spiro atoms. The van der Waals surface area contributed by atoms with Crippen LogP contribution in [0.15, 0.2) is 27.1 Å². The number of esters is 1. The first-order valence-corrected chi connectivity index (χ1v) is 6.09.